The molecular weight excluding hydrogens is 180 g/mol. The van der Waals surface area contributed by atoms with Gasteiger partial charge in [-0.25, -0.2) is 0 Å². The van der Waals surface area contributed by atoms with Gasteiger partial charge in [0.25, 0.3) is 0 Å². The summed E-state index contributed by atoms with van der Waals surface area (Å²) in [6, 6.07) is 0. The fraction of sp³-hybridized carbons (Fsp3) is 0.200. The van der Waals surface area contributed by atoms with Crippen LogP contribution in [0.25, 0.3) is 0 Å². The van der Waals surface area contributed by atoms with Crippen LogP contribution in [0.3, 0.4) is 0 Å². The highest BCUT2D eigenvalue weighted by Gasteiger charge is 2.42. The van der Waals surface area contributed by atoms with Gasteiger partial charge >= 0.3 is 0 Å². The van der Waals surface area contributed by atoms with Crippen LogP contribution in [0.4, 0.5) is 0 Å². The Kier molecular flexibility index (Phi) is 0.856. The van der Waals surface area contributed by atoms with Crippen molar-refractivity contribution in [1.29, 1.82) is 0 Å². The fourth-order valence-corrected chi connectivity index (χ4v) is 3.79. The first-order valence-electron chi connectivity index (χ1n) is 5.71. The number of hydrogen-bond donors (Lipinski definition) is 0. The molecule has 0 N–H and O–H groups in total. The van der Waals surface area contributed by atoms with Crippen molar-refractivity contribution >= 4 is 0 Å². The minimum atomic E-state index is 1.18. The average molecular weight is 190 g/mol. The van der Waals surface area contributed by atoms with E-state index < -0.39 is 0 Å². The van der Waals surface area contributed by atoms with Crippen molar-refractivity contribution < 1.29 is 0 Å². The van der Waals surface area contributed by atoms with Crippen LogP contribution in [-0.2, 0) is 0 Å². The van der Waals surface area contributed by atoms with Crippen LogP contribution in [0.1, 0.15) is 19.3 Å². The van der Waals surface area contributed by atoms with Crippen LogP contribution in [0.5, 0.6) is 0 Å². The molecule has 0 nitrogen and oxygen atoms in total. The molecule has 1 saturated carbocycles. The van der Waals surface area contributed by atoms with E-state index in [1.807, 2.05) is 0 Å². The monoisotopic (exact) mass is 190 g/mol. The molecule has 1 fully saturated rings. The van der Waals surface area contributed by atoms with Gasteiger partial charge in [-0.15, -0.1) is 0 Å². The zero-order valence-electron chi connectivity index (χ0n) is 8.43. The standard InChI is InChI=1S/C15H10/c1-2-10-11(3-1)13-7-12(10)14-8-4-5-9(6-8)15(13)14/h1-2,4-5H,3,6-7H2. The summed E-state index contributed by atoms with van der Waals surface area (Å²) in [6.45, 7) is 0. The predicted molar refractivity (Wildman–Crippen MR) is 60.2 cm³/mol. The second-order valence-corrected chi connectivity index (χ2v) is 4.94. The van der Waals surface area contributed by atoms with Crippen molar-refractivity contribution in [2.45, 2.75) is 19.3 Å². The Hall–Kier alpha value is -1.56. The van der Waals surface area contributed by atoms with Crippen molar-refractivity contribution in [3.05, 3.63) is 68.9 Å². The Morgan fingerprint density at radius 3 is 2.40 bits per heavy atom. The molecule has 0 radical (unpaired) electrons. The molecule has 0 aromatic heterocycles. The Bertz CT molecular complexity index is 625. The van der Waals surface area contributed by atoms with E-state index in [1.54, 1.807) is 44.6 Å². The SMILES string of the molecule is C1=CC2=C3CC(=C2C1)C1=C2C=CC(=C31)C2. The highest BCUT2D eigenvalue weighted by Crippen LogP contribution is 2.60. The van der Waals surface area contributed by atoms with Gasteiger partial charge in [0.1, 0.15) is 0 Å². The van der Waals surface area contributed by atoms with Crippen LogP contribution in [0.15, 0.2) is 68.9 Å². The summed E-state index contributed by atoms with van der Waals surface area (Å²) in [4.78, 5) is 0. The molecule has 70 valence electrons. The molecular formula is C15H10. The molecule has 0 heteroatoms. The van der Waals surface area contributed by atoms with E-state index in [2.05, 4.69) is 24.3 Å². The minimum Gasteiger partial charge on any atom is -0.0795 e. The van der Waals surface area contributed by atoms with Gasteiger partial charge < -0.3 is 0 Å². The Morgan fingerprint density at radius 2 is 1.53 bits per heavy atom. The molecule has 0 heterocycles. The van der Waals surface area contributed by atoms with Crippen LogP contribution in [0.2, 0.25) is 0 Å². The van der Waals surface area contributed by atoms with E-state index in [-0.39, 0.29) is 0 Å². The number of allylic oxidation sites excluding steroid dienone is 12. The lowest BCUT2D eigenvalue weighted by molar-refractivity contribution is 1.21. The van der Waals surface area contributed by atoms with Gasteiger partial charge in [-0.05, 0) is 63.8 Å². The Morgan fingerprint density at radius 1 is 0.733 bits per heavy atom. The molecule has 5 aliphatic rings. The van der Waals surface area contributed by atoms with E-state index in [4.69, 9.17) is 0 Å². The molecule has 0 atom stereocenters. The van der Waals surface area contributed by atoms with Crippen molar-refractivity contribution in [3.8, 4) is 0 Å². The van der Waals surface area contributed by atoms with Crippen molar-refractivity contribution in [3.63, 3.8) is 0 Å². The third kappa shape index (κ3) is 0.555. The second kappa shape index (κ2) is 1.88. The molecule has 0 unspecified atom stereocenters. The zero-order chi connectivity index (χ0) is 9.57. The third-order valence-electron chi connectivity index (χ3n) is 4.34. The molecule has 0 spiro atoms. The maximum atomic E-state index is 2.34. The van der Waals surface area contributed by atoms with Gasteiger partial charge in [0, 0.05) is 0 Å². The number of fused-ring (bicyclic) bond motifs is 8. The Labute approximate surface area is 88.7 Å². The largest absolute Gasteiger partial charge is 0.0795 e. The first-order valence-corrected chi connectivity index (χ1v) is 5.71. The maximum absolute atomic E-state index is 2.34. The summed E-state index contributed by atoms with van der Waals surface area (Å²) in [5.74, 6) is 0. The van der Waals surface area contributed by atoms with Crippen LogP contribution >= 0.6 is 0 Å². The maximum Gasteiger partial charge on any atom is -0.000412 e. The van der Waals surface area contributed by atoms with E-state index in [9.17, 15) is 0 Å². The summed E-state index contributed by atoms with van der Waals surface area (Å²) in [7, 11) is 0. The summed E-state index contributed by atoms with van der Waals surface area (Å²) in [5, 5.41) is 0. The number of hydrogen-bond acceptors (Lipinski definition) is 0. The number of rotatable bonds is 0. The predicted octanol–water partition coefficient (Wildman–Crippen LogP) is 3.52. The molecule has 5 rings (SSSR count). The molecule has 4 bridgehead atoms. The van der Waals surface area contributed by atoms with Gasteiger partial charge in [-0.2, -0.15) is 0 Å². The third-order valence-corrected chi connectivity index (χ3v) is 4.34. The van der Waals surface area contributed by atoms with Crippen molar-refractivity contribution in [2.75, 3.05) is 0 Å². The lowest BCUT2D eigenvalue weighted by atomic mass is 9.90. The smallest absolute Gasteiger partial charge is 0.000412 e. The average Bonchev–Trinajstić information content (AvgIpc) is 3.03. The van der Waals surface area contributed by atoms with Crippen molar-refractivity contribution in [2.24, 2.45) is 0 Å². The van der Waals surface area contributed by atoms with E-state index in [0.717, 1.165) is 0 Å². The lowest BCUT2D eigenvalue weighted by Gasteiger charge is -2.14. The van der Waals surface area contributed by atoms with Gasteiger partial charge in [0.2, 0.25) is 0 Å². The highest BCUT2D eigenvalue weighted by molar-refractivity contribution is 5.85. The molecule has 0 saturated heterocycles. The van der Waals surface area contributed by atoms with Crippen LogP contribution in [-0.4, -0.2) is 0 Å². The zero-order valence-corrected chi connectivity index (χ0v) is 8.43. The van der Waals surface area contributed by atoms with Gasteiger partial charge in [-0.3, -0.25) is 0 Å². The van der Waals surface area contributed by atoms with Crippen LogP contribution < -0.4 is 0 Å². The molecule has 0 aliphatic heterocycles. The topological polar surface area (TPSA) is 0 Å². The second-order valence-electron chi connectivity index (χ2n) is 4.94. The van der Waals surface area contributed by atoms with E-state index >= 15 is 0 Å². The molecule has 5 aliphatic carbocycles. The summed E-state index contributed by atoms with van der Waals surface area (Å²) >= 11 is 0. The molecule has 0 aromatic carbocycles. The van der Waals surface area contributed by atoms with Gasteiger partial charge in [0.15, 0.2) is 0 Å². The first-order chi connectivity index (χ1) is 7.43. The van der Waals surface area contributed by atoms with Gasteiger partial charge in [0.05, 0.1) is 0 Å². The lowest BCUT2D eigenvalue weighted by Crippen LogP contribution is -1.96. The molecule has 15 heavy (non-hydrogen) atoms. The summed E-state index contributed by atoms with van der Waals surface area (Å²) < 4.78 is 0. The summed E-state index contributed by atoms with van der Waals surface area (Å²) in [5.41, 5.74) is 12.9. The quantitative estimate of drug-likeness (QED) is 0.548. The van der Waals surface area contributed by atoms with Crippen LogP contribution in [0, 0.1) is 0 Å². The normalized spacial score (nSPS) is 28.3. The molecule has 0 amide bonds. The minimum absolute atomic E-state index is 1.18. The Balaban J connectivity index is 1.98. The highest BCUT2D eigenvalue weighted by atomic mass is 14.5. The first kappa shape index (κ1) is 6.84. The fourth-order valence-electron chi connectivity index (χ4n) is 3.79. The molecule has 0 aromatic rings. The summed E-state index contributed by atoms with van der Waals surface area (Å²) in [6.07, 6.45) is 12.9. The van der Waals surface area contributed by atoms with Crippen molar-refractivity contribution in [1.82, 2.24) is 0 Å². The van der Waals surface area contributed by atoms with Gasteiger partial charge in [-0.1, -0.05) is 24.3 Å². The van der Waals surface area contributed by atoms with E-state index in [1.165, 1.54) is 19.3 Å². The van der Waals surface area contributed by atoms with E-state index in [0.29, 0.717) is 0 Å².